The highest BCUT2D eigenvalue weighted by Gasteiger charge is 2.19. The molecule has 0 aliphatic carbocycles. The number of rotatable bonds is 6. The van der Waals surface area contributed by atoms with E-state index in [1.807, 2.05) is 4.98 Å². The van der Waals surface area contributed by atoms with Crippen LogP contribution in [0.25, 0.3) is 0 Å². The van der Waals surface area contributed by atoms with Gasteiger partial charge in [0, 0.05) is 22.5 Å². The standard InChI is InChI=1S/C18H14ClN5O5S/c19-13-5-1-3-11(7-13)9-21-23-16(25)12-4-2-6-14(8-12)24-30(28,29)15-10-20-18(27)22-17(15)26/h1-10,24H,(H,23,25)(H2,20,22,26,27)/b21-9+. The van der Waals surface area contributed by atoms with Crippen LogP contribution in [0.4, 0.5) is 5.69 Å². The van der Waals surface area contributed by atoms with Gasteiger partial charge in [-0.2, -0.15) is 5.10 Å². The van der Waals surface area contributed by atoms with E-state index in [1.165, 1.54) is 30.5 Å². The molecule has 0 atom stereocenters. The van der Waals surface area contributed by atoms with Crippen LogP contribution in [-0.2, 0) is 10.0 Å². The summed E-state index contributed by atoms with van der Waals surface area (Å²) in [4.78, 5) is 38.3. The third kappa shape index (κ3) is 5.21. The highest BCUT2D eigenvalue weighted by Crippen LogP contribution is 2.15. The van der Waals surface area contributed by atoms with Crippen LogP contribution in [0.5, 0.6) is 0 Å². The number of hydrogen-bond donors (Lipinski definition) is 4. The summed E-state index contributed by atoms with van der Waals surface area (Å²) in [5.41, 5.74) is 1.24. The fraction of sp³-hybridized carbons (Fsp3) is 0. The average Bonchev–Trinajstić information content (AvgIpc) is 2.67. The summed E-state index contributed by atoms with van der Waals surface area (Å²) in [5, 5.41) is 4.35. The summed E-state index contributed by atoms with van der Waals surface area (Å²) >= 11 is 5.87. The van der Waals surface area contributed by atoms with Gasteiger partial charge in [0.05, 0.1) is 6.21 Å². The largest absolute Gasteiger partial charge is 0.325 e. The molecule has 0 radical (unpaired) electrons. The summed E-state index contributed by atoms with van der Waals surface area (Å²) in [5.74, 6) is -0.587. The third-order valence-electron chi connectivity index (χ3n) is 3.68. The Morgan fingerprint density at radius 1 is 1.10 bits per heavy atom. The summed E-state index contributed by atoms with van der Waals surface area (Å²) in [6.45, 7) is 0. The average molecular weight is 448 g/mol. The van der Waals surface area contributed by atoms with Gasteiger partial charge < -0.3 is 4.98 Å². The summed E-state index contributed by atoms with van der Waals surface area (Å²) < 4.78 is 26.9. The van der Waals surface area contributed by atoms with E-state index in [4.69, 9.17) is 11.6 Å². The van der Waals surface area contributed by atoms with Crippen LogP contribution in [-0.4, -0.2) is 30.5 Å². The van der Waals surface area contributed by atoms with E-state index < -0.39 is 32.1 Å². The van der Waals surface area contributed by atoms with Crippen molar-refractivity contribution >= 4 is 39.4 Å². The van der Waals surface area contributed by atoms with E-state index in [0.717, 1.165) is 6.20 Å². The van der Waals surface area contributed by atoms with Gasteiger partial charge in [0.15, 0.2) is 4.90 Å². The van der Waals surface area contributed by atoms with Crippen LogP contribution in [0.3, 0.4) is 0 Å². The molecule has 3 rings (SSSR count). The predicted molar refractivity (Wildman–Crippen MR) is 111 cm³/mol. The van der Waals surface area contributed by atoms with Gasteiger partial charge in [0.2, 0.25) is 0 Å². The van der Waals surface area contributed by atoms with Crippen molar-refractivity contribution in [3.05, 3.63) is 91.7 Å². The highest BCUT2D eigenvalue weighted by atomic mass is 35.5. The second kappa shape index (κ2) is 8.76. The van der Waals surface area contributed by atoms with Crippen molar-refractivity contribution in [1.29, 1.82) is 0 Å². The Labute approximate surface area is 174 Å². The van der Waals surface area contributed by atoms with Crippen molar-refractivity contribution in [3.8, 4) is 0 Å². The molecule has 0 bridgehead atoms. The first kappa shape index (κ1) is 21.0. The second-order valence-electron chi connectivity index (χ2n) is 5.88. The Morgan fingerprint density at radius 2 is 1.87 bits per heavy atom. The normalized spacial score (nSPS) is 11.4. The molecule has 30 heavy (non-hydrogen) atoms. The number of nitrogens with one attached hydrogen (secondary N) is 4. The first-order chi connectivity index (χ1) is 14.2. The number of benzene rings is 2. The van der Waals surface area contributed by atoms with Gasteiger partial charge in [-0.1, -0.05) is 29.8 Å². The van der Waals surface area contributed by atoms with Crippen LogP contribution >= 0.6 is 11.6 Å². The van der Waals surface area contributed by atoms with Gasteiger partial charge in [0.1, 0.15) is 0 Å². The molecule has 1 amide bonds. The maximum Gasteiger partial charge on any atom is 0.325 e. The minimum absolute atomic E-state index is 0.0343. The monoisotopic (exact) mass is 447 g/mol. The number of halogens is 1. The molecule has 154 valence electrons. The fourth-order valence-corrected chi connectivity index (χ4v) is 3.60. The van der Waals surface area contributed by atoms with E-state index in [9.17, 15) is 22.8 Å². The van der Waals surface area contributed by atoms with Gasteiger partial charge >= 0.3 is 5.69 Å². The van der Waals surface area contributed by atoms with Crippen LogP contribution in [0.2, 0.25) is 5.02 Å². The number of amides is 1. The van der Waals surface area contributed by atoms with Crippen molar-refractivity contribution < 1.29 is 13.2 Å². The lowest BCUT2D eigenvalue weighted by molar-refractivity contribution is 0.0955. The fourth-order valence-electron chi connectivity index (χ4n) is 2.35. The molecular formula is C18H14ClN5O5S. The number of carbonyl (C=O) groups is 1. The Bertz CT molecular complexity index is 1350. The Hall–Kier alpha value is -3.70. The Kier molecular flexibility index (Phi) is 6.14. The molecule has 0 fully saturated rings. The smallest absolute Gasteiger partial charge is 0.313 e. The van der Waals surface area contributed by atoms with E-state index >= 15 is 0 Å². The zero-order valence-corrected chi connectivity index (χ0v) is 16.6. The van der Waals surface area contributed by atoms with Crippen LogP contribution < -0.4 is 21.4 Å². The number of nitrogens with zero attached hydrogens (tertiary/aromatic N) is 1. The number of carbonyl (C=O) groups excluding carboxylic acids is 1. The van der Waals surface area contributed by atoms with E-state index in [0.29, 0.717) is 10.6 Å². The lowest BCUT2D eigenvalue weighted by Crippen LogP contribution is -2.29. The molecule has 4 N–H and O–H groups in total. The van der Waals surface area contributed by atoms with E-state index in [1.54, 1.807) is 24.3 Å². The van der Waals surface area contributed by atoms with Crippen LogP contribution in [0.15, 0.2) is 74.3 Å². The molecule has 2 aromatic carbocycles. The lowest BCUT2D eigenvalue weighted by atomic mass is 10.2. The molecule has 10 nitrogen and oxygen atoms in total. The molecule has 0 unspecified atom stereocenters. The zero-order chi connectivity index (χ0) is 21.7. The van der Waals surface area contributed by atoms with Gasteiger partial charge in [-0.3, -0.25) is 19.3 Å². The Balaban J connectivity index is 1.74. The van der Waals surface area contributed by atoms with Gasteiger partial charge in [-0.05, 0) is 35.9 Å². The minimum Gasteiger partial charge on any atom is -0.313 e. The topological polar surface area (TPSA) is 153 Å². The van der Waals surface area contributed by atoms with Gasteiger partial charge in [-0.25, -0.2) is 18.6 Å². The first-order valence-electron chi connectivity index (χ1n) is 8.28. The molecule has 0 aliphatic rings. The minimum atomic E-state index is -4.30. The molecule has 0 saturated heterocycles. The molecule has 0 spiro atoms. The summed E-state index contributed by atoms with van der Waals surface area (Å²) in [7, 11) is -4.30. The van der Waals surface area contributed by atoms with Crippen molar-refractivity contribution in [2.45, 2.75) is 4.90 Å². The summed E-state index contributed by atoms with van der Waals surface area (Å²) in [6, 6.07) is 12.4. The zero-order valence-electron chi connectivity index (χ0n) is 15.0. The number of aromatic nitrogens is 2. The molecule has 12 heteroatoms. The maximum absolute atomic E-state index is 12.4. The van der Waals surface area contributed by atoms with E-state index in [2.05, 4.69) is 20.2 Å². The van der Waals surface area contributed by atoms with Crippen molar-refractivity contribution in [2.75, 3.05) is 4.72 Å². The SMILES string of the molecule is O=C(N/N=C/c1cccc(Cl)c1)c1cccc(NS(=O)(=O)c2c[nH]c(=O)[nH]c2=O)c1. The lowest BCUT2D eigenvalue weighted by Gasteiger charge is -2.08. The van der Waals surface area contributed by atoms with Gasteiger partial charge in [0.25, 0.3) is 21.5 Å². The highest BCUT2D eigenvalue weighted by molar-refractivity contribution is 7.92. The quantitative estimate of drug-likeness (QED) is 0.331. The molecule has 3 aromatic rings. The number of hydrazone groups is 1. The van der Waals surface area contributed by atoms with Gasteiger partial charge in [-0.15, -0.1) is 0 Å². The molecule has 1 heterocycles. The van der Waals surface area contributed by atoms with Crippen molar-refractivity contribution in [3.63, 3.8) is 0 Å². The molecular weight excluding hydrogens is 434 g/mol. The van der Waals surface area contributed by atoms with E-state index in [-0.39, 0.29) is 11.3 Å². The molecule has 0 saturated carbocycles. The summed E-state index contributed by atoms with van der Waals surface area (Å²) in [6.07, 6.45) is 2.18. The van der Waals surface area contributed by atoms with Crippen LogP contribution in [0.1, 0.15) is 15.9 Å². The Morgan fingerprint density at radius 3 is 2.60 bits per heavy atom. The number of H-pyrrole nitrogens is 2. The maximum atomic E-state index is 12.4. The molecule has 1 aromatic heterocycles. The second-order valence-corrected chi connectivity index (χ2v) is 7.96. The van der Waals surface area contributed by atoms with Crippen molar-refractivity contribution in [1.82, 2.24) is 15.4 Å². The third-order valence-corrected chi connectivity index (χ3v) is 5.30. The van der Waals surface area contributed by atoms with Crippen molar-refractivity contribution in [2.24, 2.45) is 5.10 Å². The number of aromatic amines is 2. The number of sulfonamides is 1. The van der Waals surface area contributed by atoms with Crippen LogP contribution in [0, 0.1) is 0 Å². The molecule has 0 aliphatic heterocycles. The number of anilines is 1. The predicted octanol–water partition coefficient (Wildman–Crippen LogP) is 1.28. The first-order valence-corrected chi connectivity index (χ1v) is 10.1. The number of hydrogen-bond acceptors (Lipinski definition) is 6.